The minimum atomic E-state index is -0.694. The lowest BCUT2D eigenvalue weighted by atomic mass is 10.1. The van der Waals surface area contributed by atoms with Crippen molar-refractivity contribution in [1.29, 1.82) is 0 Å². The molecule has 7 heteroatoms. The van der Waals surface area contributed by atoms with Gasteiger partial charge in [0.1, 0.15) is 11.6 Å². The van der Waals surface area contributed by atoms with E-state index < -0.39 is 23.8 Å². The van der Waals surface area contributed by atoms with E-state index >= 15 is 0 Å². The molecule has 22 heavy (non-hydrogen) atoms. The van der Waals surface area contributed by atoms with Gasteiger partial charge in [0.25, 0.3) is 0 Å². The maximum absolute atomic E-state index is 13.7. The fourth-order valence-corrected chi connectivity index (χ4v) is 2.65. The van der Waals surface area contributed by atoms with Crippen LogP contribution in [0.3, 0.4) is 0 Å². The first-order valence-corrected chi connectivity index (χ1v) is 7.14. The number of rotatable bonds is 3. The first-order valence-electron chi connectivity index (χ1n) is 7.14. The molecule has 2 amide bonds. The molecule has 2 rings (SSSR count). The monoisotopic (exact) mass is 313 g/mol. The summed E-state index contributed by atoms with van der Waals surface area (Å²) in [5.41, 5.74) is 0.221. The van der Waals surface area contributed by atoms with E-state index in [9.17, 15) is 18.7 Å². The van der Waals surface area contributed by atoms with Crippen molar-refractivity contribution in [2.45, 2.75) is 25.1 Å². The van der Waals surface area contributed by atoms with Gasteiger partial charge in [-0.3, -0.25) is 0 Å². The minimum absolute atomic E-state index is 0.122. The fraction of sp³-hybridized carbons (Fsp3) is 0.533. The largest absolute Gasteiger partial charge is 0.390 e. The number of nitrogens with one attached hydrogen (secondary N) is 1. The molecule has 1 heterocycles. The predicted molar refractivity (Wildman–Crippen MR) is 78.4 cm³/mol. The Bertz CT molecular complexity index is 554. The number of halogens is 2. The third kappa shape index (κ3) is 3.53. The van der Waals surface area contributed by atoms with Gasteiger partial charge < -0.3 is 20.2 Å². The van der Waals surface area contributed by atoms with Gasteiger partial charge in [-0.2, -0.15) is 0 Å². The van der Waals surface area contributed by atoms with Gasteiger partial charge in [-0.15, -0.1) is 0 Å². The van der Waals surface area contributed by atoms with Crippen LogP contribution in [0.1, 0.15) is 18.5 Å². The summed E-state index contributed by atoms with van der Waals surface area (Å²) < 4.78 is 26.6. The second-order valence-corrected chi connectivity index (χ2v) is 5.84. The molecule has 1 aliphatic rings. The highest BCUT2D eigenvalue weighted by Crippen LogP contribution is 2.19. The van der Waals surface area contributed by atoms with Crippen LogP contribution in [0.25, 0.3) is 0 Å². The van der Waals surface area contributed by atoms with Crippen molar-refractivity contribution in [3.8, 4) is 0 Å². The van der Waals surface area contributed by atoms with Gasteiger partial charge in [-0.05, 0) is 27.1 Å². The number of carbonyl (C=O) groups excluding carboxylic acids is 1. The van der Waals surface area contributed by atoms with Crippen LogP contribution in [0.5, 0.6) is 0 Å². The topological polar surface area (TPSA) is 55.8 Å². The van der Waals surface area contributed by atoms with Crippen molar-refractivity contribution in [2.75, 3.05) is 27.2 Å². The van der Waals surface area contributed by atoms with Crippen LogP contribution >= 0.6 is 0 Å². The first-order chi connectivity index (χ1) is 10.3. The molecule has 5 nitrogen and oxygen atoms in total. The van der Waals surface area contributed by atoms with Crippen molar-refractivity contribution in [2.24, 2.45) is 0 Å². The normalized spacial score (nSPS) is 23.0. The number of nitrogens with zero attached hydrogens (tertiary/aromatic N) is 2. The van der Waals surface area contributed by atoms with E-state index in [-0.39, 0.29) is 24.2 Å². The number of β-amino-alcohol motifs (C(OH)–C–C–N with tert-alkyl or cyclic N) is 1. The second-order valence-electron chi connectivity index (χ2n) is 5.84. The molecular weight excluding hydrogens is 292 g/mol. The molecule has 0 radical (unpaired) electrons. The summed E-state index contributed by atoms with van der Waals surface area (Å²) in [6, 6.07) is 2.17. The van der Waals surface area contributed by atoms with Gasteiger partial charge >= 0.3 is 6.03 Å². The number of benzene rings is 1. The highest BCUT2D eigenvalue weighted by molar-refractivity contribution is 5.75. The average Bonchev–Trinajstić information content (AvgIpc) is 2.80. The maximum atomic E-state index is 13.7. The quantitative estimate of drug-likeness (QED) is 0.885. The lowest BCUT2D eigenvalue weighted by molar-refractivity contribution is 0.113. The fourth-order valence-electron chi connectivity index (χ4n) is 2.65. The van der Waals surface area contributed by atoms with E-state index in [2.05, 4.69) is 5.32 Å². The van der Waals surface area contributed by atoms with Crippen molar-refractivity contribution in [3.63, 3.8) is 0 Å². The van der Waals surface area contributed by atoms with Crippen LogP contribution in [-0.2, 0) is 0 Å². The molecule has 0 aliphatic carbocycles. The summed E-state index contributed by atoms with van der Waals surface area (Å²) in [6.45, 7) is 2.26. The molecule has 1 aromatic rings. The molecule has 0 aromatic heterocycles. The summed E-state index contributed by atoms with van der Waals surface area (Å²) in [7, 11) is 3.68. The standard InChI is InChI=1S/C15H21F2N3O2/c1-9(11-5-4-10(16)6-12(11)17)18-15(22)20-7-13(19(2)3)14(21)8-20/h4-6,9,13-14,21H,7-8H2,1-3H3,(H,18,22)/t9-,13+,14+/m1/s1. The van der Waals surface area contributed by atoms with Crippen LogP contribution in [0, 0.1) is 11.6 Å². The zero-order valence-corrected chi connectivity index (χ0v) is 12.9. The molecule has 122 valence electrons. The molecule has 1 aromatic carbocycles. The Morgan fingerprint density at radius 1 is 1.41 bits per heavy atom. The van der Waals surface area contributed by atoms with Gasteiger partial charge in [0, 0.05) is 24.7 Å². The molecule has 0 unspecified atom stereocenters. The van der Waals surface area contributed by atoms with Gasteiger partial charge in [0.05, 0.1) is 18.2 Å². The van der Waals surface area contributed by atoms with Gasteiger partial charge in [0.2, 0.25) is 0 Å². The van der Waals surface area contributed by atoms with E-state index in [1.165, 1.54) is 11.0 Å². The molecule has 0 saturated carbocycles. The third-order valence-electron chi connectivity index (χ3n) is 3.98. The zero-order chi connectivity index (χ0) is 16.4. The Labute approximate surface area is 128 Å². The smallest absolute Gasteiger partial charge is 0.318 e. The Kier molecular flexibility index (Phi) is 4.97. The number of likely N-dealkylation sites (tertiary alicyclic amines) is 1. The molecule has 0 spiro atoms. The number of likely N-dealkylation sites (N-methyl/N-ethyl adjacent to an activating group) is 1. The average molecular weight is 313 g/mol. The van der Waals surface area contributed by atoms with E-state index in [0.29, 0.717) is 6.54 Å². The SMILES string of the molecule is C[C@@H](NC(=O)N1C[C@H](O)[C@@H](N(C)C)C1)c1ccc(F)cc1F. The number of hydrogen-bond acceptors (Lipinski definition) is 3. The molecule has 2 N–H and O–H groups in total. The Balaban J connectivity index is 2.00. The zero-order valence-electron chi connectivity index (χ0n) is 12.9. The summed E-state index contributed by atoms with van der Waals surface area (Å²) >= 11 is 0. The van der Waals surface area contributed by atoms with Crippen molar-refractivity contribution < 1.29 is 18.7 Å². The van der Waals surface area contributed by atoms with Crippen LogP contribution < -0.4 is 5.32 Å². The lowest BCUT2D eigenvalue weighted by Gasteiger charge is -2.23. The van der Waals surface area contributed by atoms with Crippen molar-refractivity contribution in [1.82, 2.24) is 15.1 Å². The van der Waals surface area contributed by atoms with Crippen LogP contribution in [0.15, 0.2) is 18.2 Å². The van der Waals surface area contributed by atoms with E-state index in [1.54, 1.807) is 6.92 Å². The van der Waals surface area contributed by atoms with E-state index in [1.807, 2.05) is 19.0 Å². The predicted octanol–water partition coefficient (Wildman–Crippen LogP) is 1.34. The Morgan fingerprint density at radius 3 is 2.64 bits per heavy atom. The van der Waals surface area contributed by atoms with Gasteiger partial charge in [-0.1, -0.05) is 6.07 Å². The maximum Gasteiger partial charge on any atom is 0.318 e. The highest BCUT2D eigenvalue weighted by atomic mass is 19.1. The summed E-state index contributed by atoms with van der Waals surface area (Å²) in [6.07, 6.45) is -0.612. The van der Waals surface area contributed by atoms with E-state index in [0.717, 1.165) is 12.1 Å². The van der Waals surface area contributed by atoms with Crippen LogP contribution in [-0.4, -0.2) is 60.3 Å². The highest BCUT2D eigenvalue weighted by Gasteiger charge is 2.35. The van der Waals surface area contributed by atoms with Crippen LogP contribution in [0.4, 0.5) is 13.6 Å². The second kappa shape index (κ2) is 6.58. The summed E-state index contributed by atoms with van der Waals surface area (Å²) in [4.78, 5) is 15.6. The van der Waals surface area contributed by atoms with Crippen molar-refractivity contribution in [3.05, 3.63) is 35.4 Å². The number of aliphatic hydroxyl groups excluding tert-OH is 1. The number of carbonyl (C=O) groups is 1. The lowest BCUT2D eigenvalue weighted by Crippen LogP contribution is -2.41. The molecule has 1 saturated heterocycles. The minimum Gasteiger partial charge on any atom is -0.390 e. The van der Waals surface area contributed by atoms with Gasteiger partial charge in [-0.25, -0.2) is 13.6 Å². The molecule has 1 aliphatic heterocycles. The summed E-state index contributed by atoms with van der Waals surface area (Å²) in [5, 5.41) is 12.6. The summed E-state index contributed by atoms with van der Waals surface area (Å²) in [5.74, 6) is -1.35. The number of urea groups is 1. The number of aliphatic hydroxyl groups is 1. The Hall–Kier alpha value is -1.73. The van der Waals surface area contributed by atoms with Crippen molar-refractivity contribution >= 4 is 6.03 Å². The molecule has 3 atom stereocenters. The van der Waals surface area contributed by atoms with E-state index in [4.69, 9.17) is 0 Å². The molecule has 0 bridgehead atoms. The molecular formula is C15H21F2N3O2. The van der Waals surface area contributed by atoms with Crippen LogP contribution in [0.2, 0.25) is 0 Å². The third-order valence-corrected chi connectivity index (χ3v) is 3.98. The number of amides is 2. The first kappa shape index (κ1) is 16.6. The Morgan fingerprint density at radius 2 is 2.09 bits per heavy atom. The molecule has 1 fully saturated rings. The van der Waals surface area contributed by atoms with Gasteiger partial charge in [0.15, 0.2) is 0 Å². The number of hydrogen-bond donors (Lipinski definition) is 2.